The Morgan fingerprint density at radius 3 is 2.38 bits per heavy atom. The number of benzene rings is 2. The van der Waals surface area contributed by atoms with Crippen LogP contribution in [0.4, 0.5) is 5.69 Å². The van der Waals surface area contributed by atoms with Gasteiger partial charge in [-0.15, -0.1) is 0 Å². The Bertz CT molecular complexity index is 1260. The highest BCUT2D eigenvalue weighted by atomic mass is 16.3. The highest BCUT2D eigenvalue weighted by Gasteiger charge is 2.17. The second kappa shape index (κ2) is 7.72. The number of hydrogen-bond donors (Lipinski definition) is 1. The molecular weight excluding hydrogens is 362 g/mol. The van der Waals surface area contributed by atoms with Crippen LogP contribution < -0.4 is 5.56 Å². The zero-order chi connectivity index (χ0) is 20.4. The Hall–Kier alpha value is -3.73. The van der Waals surface area contributed by atoms with Crippen molar-refractivity contribution in [1.29, 1.82) is 0 Å². The second-order valence-corrected chi connectivity index (χ2v) is 7.08. The number of para-hydroxylation sites is 1. The van der Waals surface area contributed by atoms with Gasteiger partial charge in [0.05, 0.1) is 11.3 Å². The Balaban J connectivity index is 1.97. The molecule has 0 saturated carbocycles. The van der Waals surface area contributed by atoms with Gasteiger partial charge in [0.1, 0.15) is 5.82 Å². The first kappa shape index (κ1) is 18.6. The molecule has 0 bridgehead atoms. The topological polar surface area (TPSA) is 67.5 Å². The number of hydrogen-bond acceptors (Lipinski definition) is 4. The largest absolute Gasteiger partial charge is 0.494 e. The molecule has 0 amide bonds. The Morgan fingerprint density at radius 1 is 0.966 bits per heavy atom. The summed E-state index contributed by atoms with van der Waals surface area (Å²) in [5.74, 6) is 0.493. The van der Waals surface area contributed by atoms with Crippen molar-refractivity contribution in [3.8, 4) is 11.7 Å². The van der Waals surface area contributed by atoms with Gasteiger partial charge < -0.3 is 5.11 Å². The van der Waals surface area contributed by atoms with Gasteiger partial charge in [0.15, 0.2) is 0 Å². The molecule has 29 heavy (non-hydrogen) atoms. The van der Waals surface area contributed by atoms with Crippen LogP contribution in [0.15, 0.2) is 82.7 Å². The first-order chi connectivity index (χ1) is 14.1. The van der Waals surface area contributed by atoms with E-state index in [-0.39, 0.29) is 11.4 Å². The quantitative estimate of drug-likeness (QED) is 0.506. The van der Waals surface area contributed by atoms with E-state index < -0.39 is 0 Å². The number of aromatic hydroxyl groups is 1. The van der Waals surface area contributed by atoms with E-state index in [1.165, 1.54) is 4.57 Å². The number of aliphatic imine (C=N–C) groups is 1. The monoisotopic (exact) mass is 383 g/mol. The Labute approximate surface area is 168 Å². The minimum Gasteiger partial charge on any atom is -0.494 e. The predicted octanol–water partition coefficient (Wildman–Crippen LogP) is 4.97. The van der Waals surface area contributed by atoms with E-state index in [2.05, 4.69) is 23.8 Å². The molecule has 2 heterocycles. The molecule has 0 unspecified atom stereocenters. The third kappa shape index (κ3) is 3.43. The van der Waals surface area contributed by atoms with Gasteiger partial charge in [-0.2, -0.15) is 0 Å². The van der Waals surface area contributed by atoms with Gasteiger partial charge in [0.2, 0.25) is 5.88 Å². The summed E-state index contributed by atoms with van der Waals surface area (Å²) in [5.41, 5.74) is 2.10. The van der Waals surface area contributed by atoms with Crippen LogP contribution in [-0.2, 0) is 0 Å². The molecular formula is C24H21N3O2. The predicted molar refractivity (Wildman–Crippen MR) is 117 cm³/mol. The number of aromatic nitrogens is 2. The first-order valence-corrected chi connectivity index (χ1v) is 9.49. The van der Waals surface area contributed by atoms with Crippen molar-refractivity contribution in [3.05, 3.63) is 94.4 Å². The maximum atomic E-state index is 13.0. The summed E-state index contributed by atoms with van der Waals surface area (Å²) < 4.78 is 1.22. The average molecular weight is 383 g/mol. The Kier molecular flexibility index (Phi) is 4.96. The normalized spacial score (nSPS) is 11.6. The van der Waals surface area contributed by atoms with Crippen LogP contribution in [0.2, 0.25) is 0 Å². The molecule has 0 aliphatic carbocycles. The van der Waals surface area contributed by atoms with E-state index in [1.54, 1.807) is 42.7 Å². The SMILES string of the molecule is CC(C)c1ccccc1N=Cc1c(O)n(-c2ccccn2)c(=O)c2ccccc12. The molecule has 0 aliphatic rings. The molecule has 0 spiro atoms. The van der Waals surface area contributed by atoms with Gasteiger partial charge in [0, 0.05) is 23.2 Å². The van der Waals surface area contributed by atoms with Crippen LogP contribution in [0, 0.1) is 0 Å². The zero-order valence-electron chi connectivity index (χ0n) is 16.3. The van der Waals surface area contributed by atoms with Gasteiger partial charge in [-0.1, -0.05) is 56.3 Å². The lowest BCUT2D eigenvalue weighted by Gasteiger charge is -2.13. The van der Waals surface area contributed by atoms with Crippen molar-refractivity contribution in [3.63, 3.8) is 0 Å². The lowest BCUT2D eigenvalue weighted by Crippen LogP contribution is -2.20. The number of rotatable bonds is 4. The second-order valence-electron chi connectivity index (χ2n) is 7.08. The van der Waals surface area contributed by atoms with Gasteiger partial charge in [0.25, 0.3) is 5.56 Å². The molecule has 0 atom stereocenters. The number of fused-ring (bicyclic) bond motifs is 1. The summed E-state index contributed by atoms with van der Waals surface area (Å²) in [6.07, 6.45) is 3.21. The molecule has 2 aromatic heterocycles. The maximum absolute atomic E-state index is 13.0. The molecule has 2 aromatic carbocycles. The van der Waals surface area contributed by atoms with E-state index in [9.17, 15) is 9.90 Å². The van der Waals surface area contributed by atoms with E-state index in [1.807, 2.05) is 36.4 Å². The van der Waals surface area contributed by atoms with E-state index >= 15 is 0 Å². The molecule has 144 valence electrons. The fourth-order valence-corrected chi connectivity index (χ4v) is 3.42. The van der Waals surface area contributed by atoms with Crippen molar-refractivity contribution in [2.24, 2.45) is 4.99 Å². The third-order valence-electron chi connectivity index (χ3n) is 4.87. The molecule has 0 aliphatic heterocycles. The lowest BCUT2D eigenvalue weighted by atomic mass is 10.0. The smallest absolute Gasteiger partial charge is 0.267 e. The van der Waals surface area contributed by atoms with Crippen LogP contribution in [0.3, 0.4) is 0 Å². The van der Waals surface area contributed by atoms with Crippen LogP contribution >= 0.6 is 0 Å². The van der Waals surface area contributed by atoms with Gasteiger partial charge in [-0.3, -0.25) is 9.79 Å². The minimum atomic E-state index is -0.323. The zero-order valence-corrected chi connectivity index (χ0v) is 16.3. The van der Waals surface area contributed by atoms with E-state index in [0.29, 0.717) is 28.1 Å². The van der Waals surface area contributed by atoms with Crippen molar-refractivity contribution in [1.82, 2.24) is 9.55 Å². The van der Waals surface area contributed by atoms with Crippen molar-refractivity contribution >= 4 is 22.7 Å². The highest BCUT2D eigenvalue weighted by molar-refractivity contribution is 6.02. The molecule has 1 N–H and O–H groups in total. The summed E-state index contributed by atoms with van der Waals surface area (Å²) in [4.78, 5) is 21.9. The third-order valence-corrected chi connectivity index (χ3v) is 4.87. The van der Waals surface area contributed by atoms with E-state index in [4.69, 9.17) is 0 Å². The summed E-state index contributed by atoms with van der Waals surface area (Å²) in [6, 6.07) is 20.3. The molecule has 4 rings (SSSR count). The Morgan fingerprint density at radius 2 is 1.66 bits per heavy atom. The lowest BCUT2D eigenvalue weighted by molar-refractivity contribution is 0.435. The first-order valence-electron chi connectivity index (χ1n) is 9.49. The van der Waals surface area contributed by atoms with Crippen LogP contribution in [-0.4, -0.2) is 20.9 Å². The summed E-state index contributed by atoms with van der Waals surface area (Å²) in [6.45, 7) is 4.23. The van der Waals surface area contributed by atoms with E-state index in [0.717, 1.165) is 11.3 Å². The van der Waals surface area contributed by atoms with Gasteiger partial charge in [-0.25, -0.2) is 9.55 Å². The van der Waals surface area contributed by atoms with Crippen LogP contribution in [0.5, 0.6) is 5.88 Å². The minimum absolute atomic E-state index is 0.182. The summed E-state index contributed by atoms with van der Waals surface area (Å²) in [7, 11) is 0. The van der Waals surface area contributed by atoms with Gasteiger partial charge in [-0.05, 0) is 35.7 Å². The standard InChI is InChI=1S/C24H21N3O2/c1-16(2)17-9-5-6-12-21(17)26-15-20-18-10-3-4-11-19(18)23(28)27(24(20)29)22-13-7-8-14-25-22/h3-16,29H,1-2H3. The maximum Gasteiger partial charge on any atom is 0.267 e. The van der Waals surface area contributed by atoms with Crippen LogP contribution in [0.25, 0.3) is 16.6 Å². The number of nitrogens with zero attached hydrogens (tertiary/aromatic N) is 3. The van der Waals surface area contributed by atoms with Crippen LogP contribution in [0.1, 0.15) is 30.9 Å². The molecule has 0 radical (unpaired) electrons. The average Bonchev–Trinajstić information content (AvgIpc) is 2.75. The van der Waals surface area contributed by atoms with Crippen molar-refractivity contribution < 1.29 is 5.11 Å². The van der Waals surface area contributed by atoms with Crippen molar-refractivity contribution in [2.75, 3.05) is 0 Å². The fourth-order valence-electron chi connectivity index (χ4n) is 3.42. The summed E-state index contributed by atoms with van der Waals surface area (Å²) >= 11 is 0. The number of pyridine rings is 2. The van der Waals surface area contributed by atoms with Crippen molar-refractivity contribution in [2.45, 2.75) is 19.8 Å². The molecule has 5 nitrogen and oxygen atoms in total. The fraction of sp³-hybridized carbons (Fsp3) is 0.125. The highest BCUT2D eigenvalue weighted by Crippen LogP contribution is 2.29. The molecule has 0 fully saturated rings. The van der Waals surface area contributed by atoms with Gasteiger partial charge >= 0.3 is 0 Å². The summed E-state index contributed by atoms with van der Waals surface area (Å²) in [5, 5.41) is 12.2. The molecule has 0 saturated heterocycles. The molecule has 5 heteroatoms. The molecule has 4 aromatic rings.